The summed E-state index contributed by atoms with van der Waals surface area (Å²) >= 11 is 0. The van der Waals surface area contributed by atoms with Crippen molar-refractivity contribution in [3.63, 3.8) is 0 Å². The van der Waals surface area contributed by atoms with E-state index in [0.717, 1.165) is 94.0 Å². The molecule has 10 rings (SSSR count). The smallest absolute Gasteiger partial charge is 0.138 e. The van der Waals surface area contributed by atoms with E-state index in [9.17, 15) is 0 Å². The van der Waals surface area contributed by atoms with E-state index in [2.05, 4.69) is 101 Å². The lowest BCUT2D eigenvalue weighted by Crippen LogP contribution is -2.10. The number of hydrogen-bond donors (Lipinski definition) is 0. The Balaban J connectivity index is 1.17. The number of hydrogen-bond acceptors (Lipinski definition) is 5. The topological polar surface area (TPSA) is 55.6 Å². The second kappa shape index (κ2) is 9.58. The average Bonchev–Trinajstić information content (AvgIpc) is 3.80. The summed E-state index contributed by atoms with van der Waals surface area (Å²) < 4.78 is 18.5. The Bertz CT molecular complexity index is 2770. The minimum atomic E-state index is 0.844. The molecule has 0 aliphatic carbocycles. The minimum absolute atomic E-state index is 0.844. The largest absolute Gasteiger partial charge is 0.456 e. The summed E-state index contributed by atoms with van der Waals surface area (Å²) in [7, 11) is 0. The van der Waals surface area contributed by atoms with E-state index in [1.54, 1.807) is 6.20 Å². The Morgan fingerprint density at radius 1 is 0.413 bits per heavy atom. The van der Waals surface area contributed by atoms with Crippen molar-refractivity contribution in [2.75, 3.05) is 4.90 Å². The summed E-state index contributed by atoms with van der Waals surface area (Å²) in [6, 6.07) is 46.1. The third kappa shape index (κ3) is 3.72. The zero-order valence-electron chi connectivity index (χ0n) is 24.5. The van der Waals surface area contributed by atoms with Crippen LogP contribution in [0, 0.1) is 0 Å². The highest BCUT2D eigenvalue weighted by Crippen LogP contribution is 2.44. The number of pyridine rings is 1. The van der Waals surface area contributed by atoms with Crippen molar-refractivity contribution in [2.45, 2.75) is 0 Å². The number of para-hydroxylation sites is 2. The monoisotopic (exact) mass is 592 g/mol. The van der Waals surface area contributed by atoms with E-state index >= 15 is 0 Å². The van der Waals surface area contributed by atoms with Gasteiger partial charge in [0.25, 0.3) is 0 Å². The first kappa shape index (κ1) is 25.0. The van der Waals surface area contributed by atoms with Crippen LogP contribution in [0.4, 0.5) is 17.1 Å². The molecule has 5 heteroatoms. The number of anilines is 3. The molecule has 0 amide bonds. The maximum absolute atomic E-state index is 6.31. The van der Waals surface area contributed by atoms with Crippen LogP contribution in [0.25, 0.3) is 76.9 Å². The highest BCUT2D eigenvalue weighted by molar-refractivity contribution is 6.14. The molecule has 46 heavy (non-hydrogen) atoms. The molecule has 0 spiro atoms. The summed E-state index contributed by atoms with van der Waals surface area (Å²) in [5, 5.41) is 6.41. The van der Waals surface area contributed by atoms with Crippen molar-refractivity contribution in [2.24, 2.45) is 0 Å². The van der Waals surface area contributed by atoms with Gasteiger partial charge in [-0.05, 0) is 83.9 Å². The van der Waals surface area contributed by atoms with Crippen LogP contribution >= 0.6 is 0 Å². The molecule has 5 nitrogen and oxygen atoms in total. The molecule has 0 fully saturated rings. The van der Waals surface area contributed by atoms with E-state index < -0.39 is 0 Å². The van der Waals surface area contributed by atoms with Crippen LogP contribution in [-0.4, -0.2) is 4.98 Å². The van der Waals surface area contributed by atoms with Crippen molar-refractivity contribution >= 4 is 82.9 Å². The maximum atomic E-state index is 6.31. The molecule has 4 aromatic heterocycles. The zero-order chi connectivity index (χ0) is 30.2. The van der Waals surface area contributed by atoms with Gasteiger partial charge in [0.15, 0.2) is 0 Å². The van der Waals surface area contributed by atoms with E-state index in [-0.39, 0.29) is 0 Å². The molecule has 0 atom stereocenters. The molecule has 0 saturated carbocycles. The Kier molecular flexibility index (Phi) is 5.22. The lowest BCUT2D eigenvalue weighted by Gasteiger charge is -2.26. The van der Waals surface area contributed by atoms with Crippen LogP contribution in [0.15, 0.2) is 159 Å². The molecular weight excluding hydrogens is 568 g/mol. The summed E-state index contributed by atoms with van der Waals surface area (Å²) in [6.45, 7) is 0. The molecule has 0 bridgehead atoms. The van der Waals surface area contributed by atoms with Crippen LogP contribution < -0.4 is 4.90 Å². The molecule has 216 valence electrons. The molecule has 0 aliphatic rings. The third-order valence-corrected chi connectivity index (χ3v) is 8.97. The van der Waals surface area contributed by atoms with Gasteiger partial charge in [-0.3, -0.25) is 4.98 Å². The van der Waals surface area contributed by atoms with Gasteiger partial charge in [-0.25, -0.2) is 0 Å². The van der Waals surface area contributed by atoms with Crippen molar-refractivity contribution in [3.8, 4) is 11.1 Å². The number of benzene rings is 6. The van der Waals surface area contributed by atoms with Crippen LogP contribution in [0.3, 0.4) is 0 Å². The summed E-state index contributed by atoms with van der Waals surface area (Å²) in [6.07, 6.45) is 3.63. The molecule has 0 radical (unpaired) electrons. The summed E-state index contributed by atoms with van der Waals surface area (Å²) in [5.41, 5.74) is 10.5. The SMILES string of the molecule is c1ccc2c(c1)oc1ccc(N(c3ccc(-c4ccc5oc6ccncc6c5c4)cc3)c3cccc4oc5ccccc5c34)cc12. The fourth-order valence-corrected chi connectivity index (χ4v) is 6.83. The van der Waals surface area contributed by atoms with Gasteiger partial charge in [0.05, 0.1) is 11.1 Å². The van der Waals surface area contributed by atoms with Crippen LogP contribution in [0.5, 0.6) is 0 Å². The minimum Gasteiger partial charge on any atom is -0.456 e. The Morgan fingerprint density at radius 3 is 1.87 bits per heavy atom. The van der Waals surface area contributed by atoms with Gasteiger partial charge in [0.1, 0.15) is 33.5 Å². The standard InChI is InChI=1S/C41H24N2O3/c1-3-9-35-29(6-1)32-23-28(17-19-38(32)44-35)43(34-8-5-11-40-41(34)30-7-2-4-10-36(30)46-40)27-15-12-25(13-16-27)26-14-18-37-31(22-26)33-24-42-21-20-39(33)45-37/h1-24H. The van der Waals surface area contributed by atoms with Gasteiger partial charge in [-0.1, -0.05) is 60.7 Å². The highest BCUT2D eigenvalue weighted by atomic mass is 16.3. The fraction of sp³-hybridized carbons (Fsp3) is 0. The molecule has 4 heterocycles. The van der Waals surface area contributed by atoms with Gasteiger partial charge < -0.3 is 18.2 Å². The Labute approximate surface area is 262 Å². The predicted molar refractivity (Wildman–Crippen MR) is 186 cm³/mol. The van der Waals surface area contributed by atoms with Crippen molar-refractivity contribution in [3.05, 3.63) is 146 Å². The Morgan fingerprint density at radius 2 is 1.02 bits per heavy atom. The molecule has 0 unspecified atom stereocenters. The molecular formula is C41H24N2O3. The Hall–Kier alpha value is -6.33. The molecule has 0 N–H and O–H groups in total. The number of nitrogens with zero attached hydrogens (tertiary/aromatic N) is 2. The van der Waals surface area contributed by atoms with E-state index in [1.165, 1.54) is 0 Å². The zero-order valence-corrected chi connectivity index (χ0v) is 24.5. The van der Waals surface area contributed by atoms with E-state index in [1.807, 2.05) is 48.7 Å². The molecule has 0 aliphatic heterocycles. The number of fused-ring (bicyclic) bond motifs is 9. The van der Waals surface area contributed by atoms with Gasteiger partial charge >= 0.3 is 0 Å². The lowest BCUT2D eigenvalue weighted by molar-refractivity contribution is 0.668. The number of aromatic nitrogens is 1. The quantitative estimate of drug-likeness (QED) is 0.203. The lowest BCUT2D eigenvalue weighted by atomic mass is 10.0. The predicted octanol–water partition coefficient (Wildman–Crippen LogP) is 11.9. The second-order valence-corrected chi connectivity index (χ2v) is 11.6. The summed E-state index contributed by atoms with van der Waals surface area (Å²) in [5.74, 6) is 0. The molecule has 10 aromatic rings. The van der Waals surface area contributed by atoms with Gasteiger partial charge in [0, 0.05) is 50.7 Å². The average molecular weight is 593 g/mol. The van der Waals surface area contributed by atoms with Crippen LogP contribution in [0.2, 0.25) is 0 Å². The number of furan rings is 3. The van der Waals surface area contributed by atoms with Crippen LogP contribution in [-0.2, 0) is 0 Å². The highest BCUT2D eigenvalue weighted by Gasteiger charge is 2.20. The first-order valence-corrected chi connectivity index (χ1v) is 15.3. The van der Waals surface area contributed by atoms with Crippen molar-refractivity contribution < 1.29 is 13.3 Å². The van der Waals surface area contributed by atoms with Gasteiger partial charge in [-0.15, -0.1) is 0 Å². The summed E-state index contributed by atoms with van der Waals surface area (Å²) in [4.78, 5) is 6.63. The van der Waals surface area contributed by atoms with Gasteiger partial charge in [-0.2, -0.15) is 0 Å². The first-order valence-electron chi connectivity index (χ1n) is 15.3. The number of rotatable bonds is 4. The third-order valence-electron chi connectivity index (χ3n) is 8.97. The second-order valence-electron chi connectivity index (χ2n) is 11.6. The van der Waals surface area contributed by atoms with Gasteiger partial charge in [0.2, 0.25) is 0 Å². The molecule has 0 saturated heterocycles. The van der Waals surface area contributed by atoms with Crippen molar-refractivity contribution in [1.29, 1.82) is 0 Å². The first-order chi connectivity index (χ1) is 22.8. The molecule has 6 aromatic carbocycles. The fourth-order valence-electron chi connectivity index (χ4n) is 6.83. The normalized spacial score (nSPS) is 11.9. The van der Waals surface area contributed by atoms with E-state index in [0.29, 0.717) is 0 Å². The van der Waals surface area contributed by atoms with E-state index in [4.69, 9.17) is 13.3 Å². The van der Waals surface area contributed by atoms with Crippen LogP contribution in [0.1, 0.15) is 0 Å². The van der Waals surface area contributed by atoms with Crippen molar-refractivity contribution in [1.82, 2.24) is 4.98 Å². The maximum Gasteiger partial charge on any atom is 0.138 e.